The Kier molecular flexibility index (Phi) is 3.96. The third-order valence-electron chi connectivity index (χ3n) is 2.34. The number of halogens is 1. The first kappa shape index (κ1) is 13.0. The Morgan fingerprint density at radius 2 is 2.44 bits per heavy atom. The van der Waals surface area contributed by atoms with Crippen molar-refractivity contribution in [1.82, 2.24) is 4.98 Å². The molecule has 0 radical (unpaired) electrons. The number of aromatic nitrogens is 1. The number of rotatable bonds is 4. The van der Waals surface area contributed by atoms with Gasteiger partial charge in [0.05, 0.1) is 16.3 Å². The van der Waals surface area contributed by atoms with E-state index in [2.05, 4.69) is 16.9 Å². The fourth-order valence-electron chi connectivity index (χ4n) is 1.44. The summed E-state index contributed by atoms with van der Waals surface area (Å²) in [6.45, 7) is 3.55. The molecule has 0 aliphatic heterocycles. The van der Waals surface area contributed by atoms with E-state index in [0.29, 0.717) is 16.6 Å². The minimum Gasteiger partial charge on any atom is -0.320 e. The lowest BCUT2D eigenvalue weighted by Crippen LogP contribution is -2.34. The highest BCUT2D eigenvalue weighted by Gasteiger charge is 2.14. The number of fused-ring (bicyclic) bond motifs is 1. The molecule has 2 rings (SSSR count). The standard InChI is InChI=1S/C12H12ClN3OS/c1-2-3-8(14)11(17)16-12-15-9-5-4-7(13)6-10(9)18-12/h2,4-6,8H,1,3,14H2,(H,15,16,17). The van der Waals surface area contributed by atoms with E-state index in [-0.39, 0.29) is 5.91 Å². The van der Waals surface area contributed by atoms with Crippen LogP contribution in [0, 0.1) is 0 Å². The number of carbonyl (C=O) groups is 1. The number of amides is 1. The number of anilines is 1. The number of hydrogen-bond donors (Lipinski definition) is 2. The summed E-state index contributed by atoms with van der Waals surface area (Å²) in [5.41, 5.74) is 6.47. The van der Waals surface area contributed by atoms with Gasteiger partial charge in [0.25, 0.3) is 0 Å². The predicted octanol–water partition coefficient (Wildman–Crippen LogP) is 2.79. The van der Waals surface area contributed by atoms with Crippen LogP contribution in [0.5, 0.6) is 0 Å². The van der Waals surface area contributed by atoms with E-state index < -0.39 is 6.04 Å². The van der Waals surface area contributed by atoms with E-state index in [4.69, 9.17) is 17.3 Å². The van der Waals surface area contributed by atoms with Crippen LogP contribution in [0.15, 0.2) is 30.9 Å². The summed E-state index contributed by atoms with van der Waals surface area (Å²) in [6, 6.07) is 4.79. The molecule has 0 bridgehead atoms. The van der Waals surface area contributed by atoms with Gasteiger partial charge in [-0.05, 0) is 24.6 Å². The van der Waals surface area contributed by atoms with Crippen molar-refractivity contribution in [2.75, 3.05) is 5.32 Å². The maximum absolute atomic E-state index is 11.7. The van der Waals surface area contributed by atoms with Gasteiger partial charge in [-0.2, -0.15) is 0 Å². The van der Waals surface area contributed by atoms with E-state index in [1.54, 1.807) is 12.1 Å². The average molecular weight is 282 g/mol. The van der Waals surface area contributed by atoms with Crippen LogP contribution in [0.3, 0.4) is 0 Å². The Labute approximate surface area is 113 Å². The molecule has 0 spiro atoms. The molecule has 4 nitrogen and oxygen atoms in total. The monoisotopic (exact) mass is 281 g/mol. The molecule has 0 saturated heterocycles. The lowest BCUT2D eigenvalue weighted by Gasteiger charge is -2.07. The van der Waals surface area contributed by atoms with Crippen LogP contribution >= 0.6 is 22.9 Å². The largest absolute Gasteiger partial charge is 0.320 e. The SMILES string of the molecule is C=CCC(N)C(=O)Nc1nc2ccc(Cl)cc2s1. The van der Waals surface area contributed by atoms with Crippen molar-refractivity contribution in [2.24, 2.45) is 5.73 Å². The summed E-state index contributed by atoms with van der Waals surface area (Å²) in [5.74, 6) is -0.264. The highest BCUT2D eigenvalue weighted by molar-refractivity contribution is 7.22. The maximum Gasteiger partial charge on any atom is 0.243 e. The Morgan fingerprint density at radius 1 is 1.67 bits per heavy atom. The van der Waals surface area contributed by atoms with Crippen LogP contribution in [0.1, 0.15) is 6.42 Å². The van der Waals surface area contributed by atoms with E-state index in [0.717, 1.165) is 10.2 Å². The Hall–Kier alpha value is -1.43. The number of carbonyl (C=O) groups excluding carboxylic acids is 1. The average Bonchev–Trinajstić information content (AvgIpc) is 2.70. The molecule has 1 aromatic carbocycles. The van der Waals surface area contributed by atoms with E-state index in [9.17, 15) is 4.79 Å². The van der Waals surface area contributed by atoms with Gasteiger partial charge >= 0.3 is 0 Å². The molecule has 94 valence electrons. The maximum atomic E-state index is 11.7. The van der Waals surface area contributed by atoms with E-state index in [1.807, 2.05) is 12.1 Å². The number of thiazole rings is 1. The van der Waals surface area contributed by atoms with Crippen LogP contribution in [-0.4, -0.2) is 16.9 Å². The zero-order valence-corrected chi connectivity index (χ0v) is 11.1. The topological polar surface area (TPSA) is 68.0 Å². The molecule has 2 aromatic rings. The zero-order valence-electron chi connectivity index (χ0n) is 9.52. The minimum atomic E-state index is -0.599. The van der Waals surface area contributed by atoms with Gasteiger partial charge in [0.2, 0.25) is 5.91 Å². The van der Waals surface area contributed by atoms with Crippen LogP contribution in [0.4, 0.5) is 5.13 Å². The third kappa shape index (κ3) is 2.87. The van der Waals surface area contributed by atoms with Gasteiger partial charge in [0, 0.05) is 5.02 Å². The molecular weight excluding hydrogens is 270 g/mol. The number of benzene rings is 1. The molecule has 0 fully saturated rings. The lowest BCUT2D eigenvalue weighted by atomic mass is 10.2. The second-order valence-electron chi connectivity index (χ2n) is 3.75. The molecule has 1 unspecified atom stereocenters. The molecular formula is C12H12ClN3OS. The van der Waals surface area contributed by atoms with Crippen LogP contribution in [0.25, 0.3) is 10.2 Å². The molecule has 1 atom stereocenters. The minimum absolute atomic E-state index is 0.264. The number of nitrogens with zero attached hydrogens (tertiary/aromatic N) is 1. The first-order chi connectivity index (χ1) is 8.60. The van der Waals surface area contributed by atoms with Crippen molar-refractivity contribution in [2.45, 2.75) is 12.5 Å². The smallest absolute Gasteiger partial charge is 0.243 e. The summed E-state index contributed by atoms with van der Waals surface area (Å²) in [5, 5.41) is 3.86. The molecule has 1 aromatic heterocycles. The Morgan fingerprint density at radius 3 is 3.17 bits per heavy atom. The molecule has 0 aliphatic carbocycles. The highest BCUT2D eigenvalue weighted by atomic mass is 35.5. The quantitative estimate of drug-likeness (QED) is 0.847. The first-order valence-electron chi connectivity index (χ1n) is 5.33. The second-order valence-corrected chi connectivity index (χ2v) is 5.22. The van der Waals surface area contributed by atoms with Gasteiger partial charge in [-0.1, -0.05) is 29.0 Å². The van der Waals surface area contributed by atoms with Crippen LogP contribution in [-0.2, 0) is 4.79 Å². The Bertz CT molecular complexity index is 596. The van der Waals surface area contributed by atoms with Crippen molar-refractivity contribution in [1.29, 1.82) is 0 Å². The van der Waals surface area contributed by atoms with Gasteiger partial charge in [-0.25, -0.2) is 4.98 Å². The fraction of sp³-hybridized carbons (Fsp3) is 0.167. The van der Waals surface area contributed by atoms with Crippen molar-refractivity contribution < 1.29 is 4.79 Å². The van der Waals surface area contributed by atoms with Crippen molar-refractivity contribution in [3.63, 3.8) is 0 Å². The normalized spacial score (nSPS) is 12.3. The first-order valence-corrected chi connectivity index (χ1v) is 6.53. The molecule has 1 heterocycles. The van der Waals surface area contributed by atoms with Crippen molar-refractivity contribution in [3.8, 4) is 0 Å². The van der Waals surface area contributed by atoms with Gasteiger partial charge in [-0.15, -0.1) is 6.58 Å². The van der Waals surface area contributed by atoms with E-state index >= 15 is 0 Å². The summed E-state index contributed by atoms with van der Waals surface area (Å²) in [4.78, 5) is 16.0. The van der Waals surface area contributed by atoms with Gasteiger partial charge < -0.3 is 11.1 Å². The fourth-order valence-corrected chi connectivity index (χ4v) is 2.58. The molecule has 0 aliphatic rings. The number of nitrogens with one attached hydrogen (secondary N) is 1. The van der Waals surface area contributed by atoms with Crippen LogP contribution in [0.2, 0.25) is 5.02 Å². The second kappa shape index (κ2) is 5.48. The third-order valence-corrected chi connectivity index (χ3v) is 3.51. The Balaban J connectivity index is 2.17. The van der Waals surface area contributed by atoms with Crippen molar-refractivity contribution >= 4 is 44.2 Å². The molecule has 3 N–H and O–H groups in total. The van der Waals surface area contributed by atoms with Gasteiger partial charge in [0.1, 0.15) is 0 Å². The molecule has 18 heavy (non-hydrogen) atoms. The molecule has 6 heteroatoms. The molecule has 0 saturated carbocycles. The zero-order chi connectivity index (χ0) is 13.1. The summed E-state index contributed by atoms with van der Waals surface area (Å²) in [7, 11) is 0. The number of nitrogens with two attached hydrogens (primary N) is 1. The lowest BCUT2D eigenvalue weighted by molar-refractivity contribution is -0.117. The van der Waals surface area contributed by atoms with Gasteiger partial charge in [0.15, 0.2) is 5.13 Å². The predicted molar refractivity (Wildman–Crippen MR) is 76.0 cm³/mol. The highest BCUT2D eigenvalue weighted by Crippen LogP contribution is 2.28. The van der Waals surface area contributed by atoms with Crippen molar-refractivity contribution in [3.05, 3.63) is 35.9 Å². The number of hydrogen-bond acceptors (Lipinski definition) is 4. The summed E-state index contributed by atoms with van der Waals surface area (Å²) < 4.78 is 0.926. The van der Waals surface area contributed by atoms with Gasteiger partial charge in [-0.3, -0.25) is 4.79 Å². The summed E-state index contributed by atoms with van der Waals surface area (Å²) in [6.07, 6.45) is 2.05. The molecule has 1 amide bonds. The summed E-state index contributed by atoms with van der Waals surface area (Å²) >= 11 is 7.25. The van der Waals surface area contributed by atoms with E-state index in [1.165, 1.54) is 11.3 Å². The van der Waals surface area contributed by atoms with Crippen LogP contribution < -0.4 is 11.1 Å².